The number of alkyl halides is 3. The zero-order valence-corrected chi connectivity index (χ0v) is 9.66. The third-order valence-corrected chi connectivity index (χ3v) is 2.75. The lowest BCUT2D eigenvalue weighted by atomic mass is 10.0. The summed E-state index contributed by atoms with van der Waals surface area (Å²) in [6.45, 7) is 1.18. The van der Waals surface area contributed by atoms with Crippen LogP contribution in [-0.2, 0) is 0 Å². The molecular weight excluding hydrogens is 247 g/mol. The summed E-state index contributed by atoms with van der Waals surface area (Å²) < 4.78 is 36.7. The summed E-state index contributed by atoms with van der Waals surface area (Å²) >= 11 is 0. The monoisotopic (exact) mass is 259 g/mol. The lowest BCUT2D eigenvalue weighted by molar-refractivity contribution is -0.201. The van der Waals surface area contributed by atoms with Crippen LogP contribution in [0.5, 0.6) is 0 Å². The summed E-state index contributed by atoms with van der Waals surface area (Å²) in [7, 11) is 0. The number of amides is 2. The van der Waals surface area contributed by atoms with Crippen LogP contribution in [0.4, 0.5) is 23.8 Å². The molecule has 0 aromatic carbocycles. The molecule has 7 heteroatoms. The molecule has 0 saturated carbocycles. The van der Waals surface area contributed by atoms with Gasteiger partial charge in [-0.2, -0.15) is 13.2 Å². The van der Waals surface area contributed by atoms with Crippen LogP contribution in [0, 0.1) is 12.8 Å². The molecule has 1 aliphatic heterocycles. The van der Waals surface area contributed by atoms with E-state index in [0.717, 1.165) is 10.6 Å². The number of rotatable bonds is 1. The van der Waals surface area contributed by atoms with Crippen molar-refractivity contribution >= 4 is 11.8 Å². The summed E-state index contributed by atoms with van der Waals surface area (Å²) in [6.07, 6.45) is -4.22. The highest BCUT2D eigenvalue weighted by Gasteiger charge is 2.48. The van der Waals surface area contributed by atoms with Gasteiger partial charge in [0, 0.05) is 18.8 Å². The van der Waals surface area contributed by atoms with Crippen molar-refractivity contribution in [1.29, 1.82) is 0 Å². The van der Waals surface area contributed by atoms with Crippen molar-refractivity contribution in [2.75, 3.05) is 18.4 Å². The smallest absolute Gasteiger partial charge is 0.323 e. The van der Waals surface area contributed by atoms with E-state index in [-0.39, 0.29) is 13.1 Å². The zero-order chi connectivity index (χ0) is 13.3. The van der Waals surface area contributed by atoms with E-state index < -0.39 is 18.1 Å². The van der Waals surface area contributed by atoms with Crippen molar-refractivity contribution in [3.05, 3.63) is 23.9 Å². The van der Waals surface area contributed by atoms with E-state index in [1.54, 1.807) is 25.1 Å². The van der Waals surface area contributed by atoms with Gasteiger partial charge in [-0.05, 0) is 19.1 Å². The van der Waals surface area contributed by atoms with Crippen LogP contribution in [0.3, 0.4) is 0 Å². The van der Waals surface area contributed by atoms with Crippen molar-refractivity contribution in [1.82, 2.24) is 9.88 Å². The predicted octanol–water partition coefficient (Wildman–Crippen LogP) is 2.42. The van der Waals surface area contributed by atoms with E-state index >= 15 is 0 Å². The van der Waals surface area contributed by atoms with Crippen LogP contribution in [0.1, 0.15) is 5.69 Å². The molecule has 98 valence electrons. The minimum atomic E-state index is -4.22. The highest BCUT2D eigenvalue weighted by Crippen LogP contribution is 2.33. The number of carbonyl (C=O) groups excluding carboxylic acids is 1. The summed E-state index contributed by atoms with van der Waals surface area (Å²) in [5, 5.41) is 2.47. The molecule has 1 aliphatic rings. The Bertz CT molecular complexity index is 455. The van der Waals surface area contributed by atoms with Gasteiger partial charge in [-0.25, -0.2) is 9.78 Å². The fraction of sp³-hybridized carbons (Fsp3) is 0.455. The molecule has 0 aliphatic carbocycles. The molecule has 0 bridgehead atoms. The number of nitrogens with zero attached hydrogens (tertiary/aromatic N) is 2. The summed E-state index contributed by atoms with van der Waals surface area (Å²) in [6, 6.07) is 4.52. The first-order valence-electron chi connectivity index (χ1n) is 5.42. The molecule has 2 heterocycles. The number of carbonyl (C=O) groups is 1. The number of hydrogen-bond acceptors (Lipinski definition) is 2. The van der Waals surface area contributed by atoms with Gasteiger partial charge in [0.05, 0.1) is 5.92 Å². The SMILES string of the molecule is Cc1cccc(NC(=O)N2CC(C(F)(F)F)C2)n1. The second-order valence-corrected chi connectivity index (χ2v) is 4.24. The highest BCUT2D eigenvalue weighted by atomic mass is 19.4. The fourth-order valence-corrected chi connectivity index (χ4v) is 1.65. The average molecular weight is 259 g/mol. The number of pyridine rings is 1. The number of aryl methyl sites for hydroxylation is 1. The molecule has 1 aromatic heterocycles. The van der Waals surface area contributed by atoms with Crippen molar-refractivity contribution < 1.29 is 18.0 Å². The van der Waals surface area contributed by atoms with Gasteiger partial charge in [0.15, 0.2) is 0 Å². The van der Waals surface area contributed by atoms with Gasteiger partial charge >= 0.3 is 12.2 Å². The van der Waals surface area contributed by atoms with Crippen LogP contribution in [0.2, 0.25) is 0 Å². The Labute approximate surface area is 102 Å². The maximum absolute atomic E-state index is 12.2. The Hall–Kier alpha value is -1.79. The number of likely N-dealkylation sites (tertiary alicyclic amines) is 1. The van der Waals surface area contributed by atoms with E-state index in [1.807, 2.05) is 0 Å². The Balaban J connectivity index is 1.88. The first-order chi connectivity index (χ1) is 8.36. The lowest BCUT2D eigenvalue weighted by Crippen LogP contribution is -2.56. The van der Waals surface area contributed by atoms with Crippen molar-refractivity contribution in [3.8, 4) is 0 Å². The molecule has 0 spiro atoms. The van der Waals surface area contributed by atoms with Crippen LogP contribution in [0.15, 0.2) is 18.2 Å². The molecular formula is C11H12F3N3O. The first-order valence-corrected chi connectivity index (χ1v) is 5.42. The Morgan fingerprint density at radius 1 is 1.44 bits per heavy atom. The minimum Gasteiger partial charge on any atom is -0.323 e. The standard InChI is InChI=1S/C11H12F3N3O/c1-7-3-2-4-9(15-7)16-10(18)17-5-8(6-17)11(12,13)14/h2-4,8H,5-6H2,1H3,(H,15,16,18). The molecule has 1 N–H and O–H groups in total. The minimum absolute atomic E-state index is 0.291. The Morgan fingerprint density at radius 3 is 2.67 bits per heavy atom. The third kappa shape index (κ3) is 2.72. The van der Waals surface area contributed by atoms with Crippen molar-refractivity contribution in [2.24, 2.45) is 5.92 Å². The summed E-state index contributed by atoms with van der Waals surface area (Å²) in [5.41, 5.74) is 0.726. The fourth-order valence-electron chi connectivity index (χ4n) is 1.65. The molecule has 1 fully saturated rings. The van der Waals surface area contributed by atoms with Gasteiger partial charge in [0.2, 0.25) is 0 Å². The topological polar surface area (TPSA) is 45.2 Å². The van der Waals surface area contributed by atoms with E-state index in [1.165, 1.54) is 0 Å². The molecule has 2 amide bonds. The average Bonchev–Trinajstić information content (AvgIpc) is 2.11. The molecule has 18 heavy (non-hydrogen) atoms. The molecule has 0 unspecified atom stereocenters. The number of anilines is 1. The molecule has 1 saturated heterocycles. The number of hydrogen-bond donors (Lipinski definition) is 1. The summed E-state index contributed by atoms with van der Waals surface area (Å²) in [5.74, 6) is -1.07. The quantitative estimate of drug-likeness (QED) is 0.841. The van der Waals surface area contributed by atoms with Crippen molar-refractivity contribution in [2.45, 2.75) is 13.1 Å². The molecule has 2 rings (SSSR count). The molecule has 0 atom stereocenters. The van der Waals surface area contributed by atoms with Gasteiger partial charge < -0.3 is 4.90 Å². The number of urea groups is 1. The normalized spacial score (nSPS) is 16.3. The van der Waals surface area contributed by atoms with Gasteiger partial charge in [-0.15, -0.1) is 0 Å². The van der Waals surface area contributed by atoms with Crippen LogP contribution in [-0.4, -0.2) is 35.2 Å². The van der Waals surface area contributed by atoms with Crippen LogP contribution < -0.4 is 5.32 Å². The van der Waals surface area contributed by atoms with Crippen molar-refractivity contribution in [3.63, 3.8) is 0 Å². The molecule has 4 nitrogen and oxygen atoms in total. The van der Waals surface area contributed by atoms with Crippen LogP contribution >= 0.6 is 0 Å². The van der Waals surface area contributed by atoms with Gasteiger partial charge in [0.1, 0.15) is 5.82 Å². The number of nitrogens with one attached hydrogen (secondary N) is 1. The number of aromatic nitrogens is 1. The molecule has 0 radical (unpaired) electrons. The highest BCUT2D eigenvalue weighted by molar-refractivity contribution is 5.88. The van der Waals surface area contributed by atoms with Gasteiger partial charge in [0.25, 0.3) is 0 Å². The zero-order valence-electron chi connectivity index (χ0n) is 9.66. The van der Waals surface area contributed by atoms with Gasteiger partial charge in [-0.1, -0.05) is 6.07 Å². The Kier molecular flexibility index (Phi) is 3.14. The number of halogens is 3. The lowest BCUT2D eigenvalue weighted by Gasteiger charge is -2.39. The second kappa shape index (κ2) is 4.47. The first kappa shape index (κ1) is 12.7. The molecule has 1 aromatic rings. The third-order valence-electron chi connectivity index (χ3n) is 2.75. The Morgan fingerprint density at radius 2 is 2.11 bits per heavy atom. The van der Waals surface area contributed by atoms with E-state index in [0.29, 0.717) is 5.82 Å². The van der Waals surface area contributed by atoms with E-state index in [4.69, 9.17) is 0 Å². The largest absolute Gasteiger partial charge is 0.395 e. The van der Waals surface area contributed by atoms with Gasteiger partial charge in [-0.3, -0.25) is 5.32 Å². The van der Waals surface area contributed by atoms with E-state index in [2.05, 4.69) is 10.3 Å². The predicted molar refractivity (Wildman–Crippen MR) is 59.1 cm³/mol. The maximum atomic E-state index is 12.2. The van der Waals surface area contributed by atoms with E-state index in [9.17, 15) is 18.0 Å². The maximum Gasteiger partial charge on any atom is 0.395 e. The summed E-state index contributed by atoms with van der Waals surface area (Å²) in [4.78, 5) is 16.7. The second-order valence-electron chi connectivity index (χ2n) is 4.24. The van der Waals surface area contributed by atoms with Crippen LogP contribution in [0.25, 0.3) is 0 Å².